The maximum Gasteiger partial charge on any atom is 0.257 e. The number of aliphatic hydroxyl groups excluding tert-OH is 2. The monoisotopic (exact) mass is 496 g/mol. The lowest BCUT2D eigenvalue weighted by Gasteiger charge is -2.39. The van der Waals surface area contributed by atoms with Crippen LogP contribution in [0.15, 0.2) is 16.9 Å². The smallest absolute Gasteiger partial charge is 0.257 e. The highest BCUT2D eigenvalue weighted by Crippen LogP contribution is 2.50. The Labute approximate surface area is 206 Å². The number of aryl methyl sites for hydroxylation is 1. The number of halogens is 1. The van der Waals surface area contributed by atoms with Gasteiger partial charge in [-0.2, -0.15) is 0 Å². The first kappa shape index (κ1) is 23.7. The van der Waals surface area contributed by atoms with E-state index in [1.54, 1.807) is 31.6 Å². The Morgan fingerprint density at radius 1 is 1.31 bits per heavy atom. The molecule has 0 saturated carbocycles. The molecule has 3 N–H and O–H groups in total. The summed E-state index contributed by atoms with van der Waals surface area (Å²) in [7, 11) is 1.61. The third kappa shape index (κ3) is 2.86. The van der Waals surface area contributed by atoms with Gasteiger partial charge in [-0.15, -0.1) is 0 Å². The van der Waals surface area contributed by atoms with Crippen molar-refractivity contribution in [2.45, 2.75) is 70.2 Å². The van der Waals surface area contributed by atoms with Gasteiger partial charge in [-0.25, -0.2) is 9.37 Å². The summed E-state index contributed by atoms with van der Waals surface area (Å²) in [4.78, 5) is 18.5. The third-order valence-electron chi connectivity index (χ3n) is 8.60. The SMILES string of the molecule is CC[C@]1(O)c2cc3n(c(=O)c2COC1O)Cc1c-3nc2cc(F)c(C)c3c2c1C(CCO)(OC)CC3. The molecule has 0 amide bonds. The molecule has 1 aliphatic carbocycles. The molecule has 2 aromatic heterocycles. The topological polar surface area (TPSA) is 114 Å². The number of methoxy groups -OCH3 is 1. The summed E-state index contributed by atoms with van der Waals surface area (Å²) in [5.41, 5.74) is 2.32. The Hall–Kier alpha value is -2.69. The molecule has 0 fully saturated rings. The van der Waals surface area contributed by atoms with Crippen molar-refractivity contribution in [3.63, 3.8) is 0 Å². The van der Waals surface area contributed by atoms with E-state index in [-0.39, 0.29) is 37.6 Å². The van der Waals surface area contributed by atoms with Gasteiger partial charge in [0.15, 0.2) is 6.29 Å². The fourth-order valence-electron chi connectivity index (χ4n) is 6.51. The van der Waals surface area contributed by atoms with Gasteiger partial charge in [-0.3, -0.25) is 4.79 Å². The number of benzene rings is 1. The molecule has 0 bridgehead atoms. The lowest BCUT2D eigenvalue weighted by atomic mass is 9.73. The standard InChI is InChI=1S/C27H29FN2O6/c1-4-27(34)17-9-20-23-15(11-30(20)24(32)16(17)12-36-25(27)33)22-21-14(5-6-26(22,35-3)7-8-31)13(2)18(28)10-19(21)29-23/h9-10,25,31,33-34H,4-8,11-12H2,1-3H3/t25?,26?,27-/m0/s1. The Bertz CT molecular complexity index is 1500. The number of hydrogen-bond donors (Lipinski definition) is 3. The van der Waals surface area contributed by atoms with Crippen molar-refractivity contribution in [2.75, 3.05) is 13.7 Å². The van der Waals surface area contributed by atoms with Crippen LogP contribution in [-0.4, -0.2) is 44.9 Å². The van der Waals surface area contributed by atoms with E-state index in [9.17, 15) is 24.5 Å². The molecule has 4 heterocycles. The average molecular weight is 497 g/mol. The van der Waals surface area contributed by atoms with Gasteiger partial charge in [0.2, 0.25) is 0 Å². The van der Waals surface area contributed by atoms with Gasteiger partial charge in [0.05, 0.1) is 35.7 Å². The second kappa shape index (κ2) is 7.90. The first-order valence-corrected chi connectivity index (χ1v) is 12.3. The molecule has 190 valence electrons. The van der Waals surface area contributed by atoms with Crippen molar-refractivity contribution in [3.8, 4) is 11.4 Å². The van der Waals surface area contributed by atoms with Crippen LogP contribution >= 0.6 is 0 Å². The minimum atomic E-state index is -1.74. The summed E-state index contributed by atoms with van der Waals surface area (Å²) >= 11 is 0. The number of ether oxygens (including phenoxy) is 2. The molecule has 3 atom stereocenters. The minimum Gasteiger partial charge on any atom is -0.396 e. The fraction of sp³-hybridized carbons (Fsp3) is 0.481. The van der Waals surface area contributed by atoms with Crippen molar-refractivity contribution < 1.29 is 29.2 Å². The molecule has 6 rings (SSSR count). The molecule has 0 radical (unpaired) electrons. The fourth-order valence-corrected chi connectivity index (χ4v) is 6.51. The second-order valence-electron chi connectivity index (χ2n) is 10.1. The Morgan fingerprint density at radius 3 is 2.78 bits per heavy atom. The molecule has 0 saturated heterocycles. The summed E-state index contributed by atoms with van der Waals surface area (Å²) in [5, 5.41) is 32.4. The molecule has 1 aromatic carbocycles. The number of pyridine rings is 2. The summed E-state index contributed by atoms with van der Waals surface area (Å²) in [6.45, 7) is 3.50. The third-order valence-corrected chi connectivity index (χ3v) is 8.60. The molecular weight excluding hydrogens is 467 g/mol. The molecule has 8 nitrogen and oxygen atoms in total. The molecule has 9 heteroatoms. The van der Waals surface area contributed by atoms with Gasteiger partial charge < -0.3 is 29.4 Å². The van der Waals surface area contributed by atoms with Crippen molar-refractivity contribution in [1.82, 2.24) is 9.55 Å². The van der Waals surface area contributed by atoms with Crippen molar-refractivity contribution in [3.05, 3.63) is 61.7 Å². The quantitative estimate of drug-likeness (QED) is 0.398. The van der Waals surface area contributed by atoms with Gasteiger partial charge in [-0.05, 0) is 43.4 Å². The van der Waals surface area contributed by atoms with Crippen LogP contribution in [0.2, 0.25) is 0 Å². The number of aliphatic hydroxyl groups is 3. The zero-order valence-electron chi connectivity index (χ0n) is 20.5. The summed E-state index contributed by atoms with van der Waals surface area (Å²) in [6.07, 6.45) is 0.174. The molecule has 2 unspecified atom stereocenters. The van der Waals surface area contributed by atoms with Gasteiger partial charge in [0.1, 0.15) is 11.4 Å². The van der Waals surface area contributed by atoms with Crippen LogP contribution in [0, 0.1) is 12.7 Å². The highest BCUT2D eigenvalue weighted by Gasteiger charge is 2.46. The van der Waals surface area contributed by atoms with E-state index in [1.807, 2.05) is 0 Å². The summed E-state index contributed by atoms with van der Waals surface area (Å²) in [6, 6.07) is 3.12. The highest BCUT2D eigenvalue weighted by molar-refractivity contribution is 5.93. The van der Waals surface area contributed by atoms with E-state index in [2.05, 4.69) is 0 Å². The van der Waals surface area contributed by atoms with E-state index >= 15 is 0 Å². The number of fused-ring (bicyclic) bond motifs is 5. The predicted molar refractivity (Wildman–Crippen MR) is 129 cm³/mol. The van der Waals surface area contributed by atoms with Crippen LogP contribution < -0.4 is 5.56 Å². The number of rotatable bonds is 4. The van der Waals surface area contributed by atoms with Crippen LogP contribution in [0.5, 0.6) is 0 Å². The average Bonchev–Trinajstić information content (AvgIpc) is 3.24. The lowest BCUT2D eigenvalue weighted by Crippen LogP contribution is -2.47. The van der Waals surface area contributed by atoms with Crippen LogP contribution in [0.3, 0.4) is 0 Å². The van der Waals surface area contributed by atoms with Crippen LogP contribution in [0.4, 0.5) is 4.39 Å². The Morgan fingerprint density at radius 2 is 2.08 bits per heavy atom. The highest BCUT2D eigenvalue weighted by atomic mass is 19.1. The number of nitrogens with zero attached hydrogens (tertiary/aromatic N) is 2. The molecule has 2 aliphatic heterocycles. The number of hydrogen-bond acceptors (Lipinski definition) is 7. The maximum absolute atomic E-state index is 15.0. The summed E-state index contributed by atoms with van der Waals surface area (Å²) in [5.74, 6) is -0.343. The van der Waals surface area contributed by atoms with Crippen LogP contribution in [0.1, 0.15) is 59.6 Å². The van der Waals surface area contributed by atoms with E-state index in [0.29, 0.717) is 52.9 Å². The zero-order chi connectivity index (χ0) is 25.6. The normalized spacial score (nSPS) is 26.1. The van der Waals surface area contributed by atoms with Gasteiger partial charge in [0.25, 0.3) is 5.56 Å². The van der Waals surface area contributed by atoms with Gasteiger partial charge >= 0.3 is 0 Å². The molecule has 0 spiro atoms. The van der Waals surface area contributed by atoms with E-state index < -0.39 is 17.5 Å². The Kier molecular flexibility index (Phi) is 5.20. The lowest BCUT2D eigenvalue weighted by molar-refractivity contribution is -0.236. The first-order chi connectivity index (χ1) is 17.2. The number of aromatic nitrogens is 2. The molecule has 3 aromatic rings. The largest absolute Gasteiger partial charge is 0.396 e. The first-order valence-electron chi connectivity index (χ1n) is 12.3. The van der Waals surface area contributed by atoms with Crippen LogP contribution in [-0.2, 0) is 40.2 Å². The predicted octanol–water partition coefficient (Wildman–Crippen LogP) is 2.49. The van der Waals surface area contributed by atoms with Crippen molar-refractivity contribution >= 4 is 10.9 Å². The molecule has 36 heavy (non-hydrogen) atoms. The minimum absolute atomic E-state index is 0.0953. The van der Waals surface area contributed by atoms with Crippen LogP contribution in [0.25, 0.3) is 22.3 Å². The maximum atomic E-state index is 15.0. The Balaban J connectivity index is 1.71. The van der Waals surface area contributed by atoms with E-state index in [0.717, 1.165) is 22.1 Å². The van der Waals surface area contributed by atoms with E-state index in [1.165, 1.54) is 6.07 Å². The van der Waals surface area contributed by atoms with Gasteiger partial charge in [-0.1, -0.05) is 6.92 Å². The van der Waals surface area contributed by atoms with Gasteiger partial charge in [0, 0.05) is 53.8 Å². The summed E-state index contributed by atoms with van der Waals surface area (Å²) < 4.78 is 28.0. The molecule has 3 aliphatic rings. The zero-order valence-corrected chi connectivity index (χ0v) is 20.5. The van der Waals surface area contributed by atoms with E-state index in [4.69, 9.17) is 14.5 Å². The van der Waals surface area contributed by atoms with Crippen molar-refractivity contribution in [2.24, 2.45) is 0 Å². The van der Waals surface area contributed by atoms with Crippen molar-refractivity contribution in [1.29, 1.82) is 0 Å². The second-order valence-corrected chi connectivity index (χ2v) is 10.1. The molecular formula is C27H29FN2O6.